The van der Waals surface area contributed by atoms with Crippen molar-refractivity contribution in [3.05, 3.63) is 29.8 Å². The Bertz CT molecular complexity index is 473. The second kappa shape index (κ2) is 5.21. The number of halogens is 3. The van der Waals surface area contributed by atoms with Gasteiger partial charge >= 0.3 is 6.18 Å². The molecule has 1 aromatic carbocycles. The molecule has 0 aromatic heterocycles. The Balaban J connectivity index is 2.26. The molecular weight excluding hydrogens is 259 g/mol. The molecule has 2 rings (SSSR count). The second-order valence-electron chi connectivity index (χ2n) is 4.55. The second-order valence-corrected chi connectivity index (χ2v) is 4.55. The van der Waals surface area contributed by atoms with Gasteiger partial charge in [-0.1, -0.05) is 12.1 Å². The molecule has 0 amide bonds. The van der Waals surface area contributed by atoms with Gasteiger partial charge in [-0.3, -0.25) is 4.79 Å². The van der Waals surface area contributed by atoms with Gasteiger partial charge in [-0.05, 0) is 18.6 Å². The number of hydrogen-bond acceptors (Lipinski definition) is 3. The average molecular weight is 273 g/mol. The average Bonchev–Trinajstić information content (AvgIpc) is 2.50. The van der Waals surface area contributed by atoms with Crippen molar-refractivity contribution in [1.82, 2.24) is 0 Å². The van der Waals surface area contributed by atoms with Crippen molar-refractivity contribution in [3.8, 4) is 0 Å². The number of ketones is 1. The number of rotatable bonds is 2. The Morgan fingerprint density at radius 2 is 2.00 bits per heavy atom. The van der Waals surface area contributed by atoms with Crippen molar-refractivity contribution in [2.75, 3.05) is 18.0 Å². The summed E-state index contributed by atoms with van der Waals surface area (Å²) in [7, 11) is 0. The quantitative estimate of drug-likeness (QED) is 0.899. The molecule has 1 aliphatic heterocycles. The molecule has 3 nitrogen and oxygen atoms in total. The Kier molecular flexibility index (Phi) is 3.80. The van der Waals surface area contributed by atoms with Gasteiger partial charge in [0.1, 0.15) is 0 Å². The summed E-state index contributed by atoms with van der Waals surface area (Å²) in [4.78, 5) is 13.3. The molecule has 19 heavy (non-hydrogen) atoms. The molecular formula is C13H14F3NO2. The standard InChI is InChI=1S/C13H14F3NO2/c14-13(15,16)12(19)8-17-7-3-6-11(18)9-4-1-2-5-10(9)17/h1-2,4-5,12,19H,3,6-8H2. The smallest absolute Gasteiger partial charge is 0.382 e. The van der Waals surface area contributed by atoms with Gasteiger partial charge < -0.3 is 10.0 Å². The van der Waals surface area contributed by atoms with Crippen LogP contribution in [-0.2, 0) is 0 Å². The van der Waals surface area contributed by atoms with Gasteiger partial charge in [0.2, 0.25) is 0 Å². The molecule has 0 fully saturated rings. The first-order valence-electron chi connectivity index (χ1n) is 6.01. The Hall–Kier alpha value is -1.56. The minimum Gasteiger partial charge on any atom is -0.382 e. The van der Waals surface area contributed by atoms with E-state index in [1.165, 1.54) is 4.90 Å². The zero-order valence-corrected chi connectivity index (χ0v) is 10.2. The summed E-state index contributed by atoms with van der Waals surface area (Å²) in [6, 6.07) is 6.57. The minimum absolute atomic E-state index is 0.0698. The zero-order chi connectivity index (χ0) is 14.0. The number of Topliss-reactive ketones (excluding diaryl/α,β-unsaturated/α-hetero) is 1. The van der Waals surface area contributed by atoms with Crippen LogP contribution < -0.4 is 4.90 Å². The predicted molar refractivity (Wildman–Crippen MR) is 64.3 cm³/mol. The van der Waals surface area contributed by atoms with Crippen LogP contribution in [0.25, 0.3) is 0 Å². The van der Waals surface area contributed by atoms with E-state index < -0.39 is 18.8 Å². The van der Waals surface area contributed by atoms with E-state index in [1.54, 1.807) is 24.3 Å². The summed E-state index contributed by atoms with van der Waals surface area (Å²) in [6.07, 6.45) is -6.26. The predicted octanol–water partition coefficient (Wildman–Crippen LogP) is 2.39. The van der Waals surface area contributed by atoms with Gasteiger partial charge in [-0.15, -0.1) is 0 Å². The fourth-order valence-electron chi connectivity index (χ4n) is 2.17. The lowest BCUT2D eigenvalue weighted by atomic mass is 10.1. The van der Waals surface area contributed by atoms with Crippen molar-refractivity contribution in [2.24, 2.45) is 0 Å². The van der Waals surface area contributed by atoms with Gasteiger partial charge in [-0.2, -0.15) is 13.2 Å². The Morgan fingerprint density at radius 1 is 1.32 bits per heavy atom. The zero-order valence-electron chi connectivity index (χ0n) is 10.2. The van der Waals surface area contributed by atoms with E-state index in [-0.39, 0.29) is 5.78 Å². The third-order valence-electron chi connectivity index (χ3n) is 3.15. The molecule has 0 saturated heterocycles. The van der Waals surface area contributed by atoms with E-state index in [2.05, 4.69) is 0 Å². The van der Waals surface area contributed by atoms with Gasteiger partial charge in [0.05, 0.1) is 6.54 Å². The SMILES string of the molecule is O=C1CCCN(CC(O)C(F)(F)F)c2ccccc21. The lowest BCUT2D eigenvalue weighted by Crippen LogP contribution is -2.41. The fraction of sp³-hybridized carbons (Fsp3) is 0.462. The Morgan fingerprint density at radius 3 is 2.68 bits per heavy atom. The Labute approximate surface area is 108 Å². The molecule has 1 atom stereocenters. The molecule has 1 N–H and O–H groups in total. The number of para-hydroxylation sites is 1. The van der Waals surface area contributed by atoms with Gasteiger partial charge in [0.25, 0.3) is 0 Å². The summed E-state index contributed by atoms with van der Waals surface area (Å²) in [5, 5.41) is 9.17. The first kappa shape index (κ1) is 13.9. The molecule has 1 unspecified atom stereocenters. The minimum atomic E-state index is -4.65. The van der Waals surface area contributed by atoms with Gasteiger partial charge in [0.15, 0.2) is 11.9 Å². The molecule has 104 valence electrons. The van der Waals surface area contributed by atoms with Gasteiger partial charge in [-0.25, -0.2) is 0 Å². The highest BCUT2D eigenvalue weighted by molar-refractivity contribution is 6.01. The van der Waals surface area contributed by atoms with Gasteiger partial charge in [0, 0.05) is 24.2 Å². The first-order chi connectivity index (χ1) is 8.89. The van der Waals surface area contributed by atoms with E-state index >= 15 is 0 Å². The number of fused-ring (bicyclic) bond motifs is 1. The highest BCUT2D eigenvalue weighted by Crippen LogP contribution is 2.28. The summed E-state index contributed by atoms with van der Waals surface area (Å²) in [6.45, 7) is -0.219. The molecule has 1 aromatic rings. The monoisotopic (exact) mass is 273 g/mol. The summed E-state index contributed by atoms with van der Waals surface area (Å²) >= 11 is 0. The largest absolute Gasteiger partial charge is 0.416 e. The molecule has 0 saturated carbocycles. The number of carbonyl (C=O) groups excluding carboxylic acids is 1. The van der Waals surface area contributed by atoms with E-state index in [9.17, 15) is 18.0 Å². The lowest BCUT2D eigenvalue weighted by Gasteiger charge is -2.27. The molecule has 0 radical (unpaired) electrons. The number of alkyl halides is 3. The lowest BCUT2D eigenvalue weighted by molar-refractivity contribution is -0.200. The maximum atomic E-state index is 12.4. The topological polar surface area (TPSA) is 40.5 Å². The number of benzene rings is 1. The van der Waals surface area contributed by atoms with Crippen LogP contribution in [0.3, 0.4) is 0 Å². The molecule has 0 aliphatic carbocycles. The summed E-state index contributed by atoms with van der Waals surface area (Å²) < 4.78 is 37.2. The maximum absolute atomic E-state index is 12.4. The van der Waals surface area contributed by atoms with Crippen molar-refractivity contribution in [1.29, 1.82) is 0 Å². The third-order valence-corrected chi connectivity index (χ3v) is 3.15. The first-order valence-corrected chi connectivity index (χ1v) is 6.01. The number of aliphatic hydroxyl groups is 1. The van der Waals surface area contributed by atoms with E-state index in [4.69, 9.17) is 5.11 Å². The highest BCUT2D eigenvalue weighted by Gasteiger charge is 2.39. The molecule has 6 heteroatoms. The normalized spacial score (nSPS) is 17.9. The number of β-amino-alcohol motifs (C(OH)–C–C–N with tert-alkyl or cyclic N) is 1. The molecule has 1 heterocycles. The maximum Gasteiger partial charge on any atom is 0.416 e. The van der Waals surface area contributed by atoms with Crippen molar-refractivity contribution < 1.29 is 23.1 Å². The van der Waals surface area contributed by atoms with Crippen LogP contribution in [0.15, 0.2) is 24.3 Å². The number of hydrogen-bond donors (Lipinski definition) is 1. The number of aliphatic hydroxyl groups excluding tert-OH is 1. The summed E-state index contributed by atoms with van der Waals surface area (Å²) in [5.41, 5.74) is 0.891. The van der Waals surface area contributed by atoms with Crippen LogP contribution in [0.4, 0.5) is 18.9 Å². The van der Waals surface area contributed by atoms with Crippen LogP contribution in [0, 0.1) is 0 Å². The van der Waals surface area contributed by atoms with Crippen LogP contribution >= 0.6 is 0 Å². The number of carbonyl (C=O) groups is 1. The summed E-state index contributed by atoms with van der Waals surface area (Å²) in [5.74, 6) is -0.0698. The molecule has 1 aliphatic rings. The van der Waals surface area contributed by atoms with Crippen molar-refractivity contribution >= 4 is 11.5 Å². The van der Waals surface area contributed by atoms with E-state index in [0.717, 1.165) is 0 Å². The van der Waals surface area contributed by atoms with E-state index in [1.807, 2.05) is 0 Å². The van der Waals surface area contributed by atoms with Crippen molar-refractivity contribution in [3.63, 3.8) is 0 Å². The van der Waals surface area contributed by atoms with E-state index in [0.29, 0.717) is 30.6 Å². The molecule has 0 bridgehead atoms. The van der Waals surface area contributed by atoms with Crippen LogP contribution in [-0.4, -0.2) is 36.3 Å². The fourth-order valence-corrected chi connectivity index (χ4v) is 2.17. The van der Waals surface area contributed by atoms with Crippen LogP contribution in [0.5, 0.6) is 0 Å². The number of anilines is 1. The molecule has 0 spiro atoms. The third kappa shape index (κ3) is 3.07. The van der Waals surface area contributed by atoms with Crippen LogP contribution in [0.1, 0.15) is 23.2 Å². The number of nitrogens with zero attached hydrogens (tertiary/aromatic N) is 1. The highest BCUT2D eigenvalue weighted by atomic mass is 19.4. The van der Waals surface area contributed by atoms with Crippen LogP contribution in [0.2, 0.25) is 0 Å². The van der Waals surface area contributed by atoms with Crippen molar-refractivity contribution in [2.45, 2.75) is 25.1 Å².